The molecule has 0 N–H and O–H groups in total. The molecular weight excluding hydrogens is 342 g/mol. The lowest BCUT2D eigenvalue weighted by molar-refractivity contribution is -0.132. The zero-order valence-corrected chi connectivity index (χ0v) is 15.2. The van der Waals surface area contributed by atoms with Gasteiger partial charge in [0.2, 0.25) is 5.91 Å². The summed E-state index contributed by atoms with van der Waals surface area (Å²) in [5.41, 5.74) is 3.12. The van der Waals surface area contributed by atoms with Crippen molar-refractivity contribution in [1.29, 1.82) is 0 Å². The van der Waals surface area contributed by atoms with Gasteiger partial charge in [0.1, 0.15) is 11.5 Å². The van der Waals surface area contributed by atoms with Crippen LogP contribution in [0, 0.1) is 0 Å². The highest BCUT2D eigenvalue weighted by Gasteiger charge is 2.35. The van der Waals surface area contributed by atoms with Crippen LogP contribution < -0.4 is 9.47 Å². The average Bonchev–Trinajstić information content (AvgIpc) is 3.27. The van der Waals surface area contributed by atoms with Gasteiger partial charge in [-0.2, -0.15) is 0 Å². The molecule has 3 aliphatic heterocycles. The maximum atomic E-state index is 13.0. The van der Waals surface area contributed by atoms with Gasteiger partial charge in [0.05, 0.1) is 31.1 Å². The van der Waals surface area contributed by atoms with E-state index in [-0.39, 0.29) is 29.9 Å². The number of benzene rings is 1. The molecule has 7 heteroatoms. The van der Waals surface area contributed by atoms with Crippen molar-refractivity contribution in [3.8, 4) is 11.5 Å². The Bertz CT molecular complexity index is 785. The van der Waals surface area contributed by atoms with Gasteiger partial charge in [0.15, 0.2) is 9.84 Å². The highest BCUT2D eigenvalue weighted by Crippen LogP contribution is 2.41. The molecule has 136 valence electrons. The summed E-state index contributed by atoms with van der Waals surface area (Å²) >= 11 is 0. The normalized spacial score (nSPS) is 22.8. The number of amides is 1. The van der Waals surface area contributed by atoms with E-state index in [2.05, 4.69) is 0 Å². The number of ether oxygens (including phenoxy) is 2. The predicted octanol–water partition coefficient (Wildman–Crippen LogP) is 1.13. The third-order valence-electron chi connectivity index (χ3n) is 5.40. The van der Waals surface area contributed by atoms with E-state index in [0.717, 1.165) is 41.0 Å². The van der Waals surface area contributed by atoms with E-state index >= 15 is 0 Å². The number of likely N-dealkylation sites (N-methyl/N-ethyl adjacent to an activating group) is 1. The van der Waals surface area contributed by atoms with Gasteiger partial charge in [-0.05, 0) is 19.4 Å². The first-order chi connectivity index (χ1) is 12.0. The number of nitrogens with zero attached hydrogens (tertiary/aromatic N) is 1. The van der Waals surface area contributed by atoms with Crippen molar-refractivity contribution in [1.82, 2.24) is 4.90 Å². The first-order valence-corrected chi connectivity index (χ1v) is 10.7. The van der Waals surface area contributed by atoms with Gasteiger partial charge in [0.25, 0.3) is 0 Å². The van der Waals surface area contributed by atoms with E-state index in [1.54, 1.807) is 4.90 Å². The first kappa shape index (κ1) is 16.7. The molecule has 1 fully saturated rings. The van der Waals surface area contributed by atoms with Crippen molar-refractivity contribution in [2.24, 2.45) is 0 Å². The maximum absolute atomic E-state index is 13.0. The zero-order chi connectivity index (χ0) is 17.6. The lowest BCUT2D eigenvalue weighted by atomic mass is 9.96. The summed E-state index contributed by atoms with van der Waals surface area (Å²) in [6.45, 7) is 3.70. The summed E-state index contributed by atoms with van der Waals surface area (Å²) < 4.78 is 35.1. The van der Waals surface area contributed by atoms with Crippen LogP contribution in [0.4, 0.5) is 0 Å². The number of hydrogen-bond donors (Lipinski definition) is 0. The second kappa shape index (κ2) is 6.20. The van der Waals surface area contributed by atoms with Crippen molar-refractivity contribution in [3.05, 3.63) is 22.8 Å². The average molecular weight is 365 g/mol. The van der Waals surface area contributed by atoms with Gasteiger partial charge < -0.3 is 14.4 Å². The number of carbonyl (C=O) groups excluding carboxylic acids is 1. The van der Waals surface area contributed by atoms with Crippen LogP contribution in [-0.2, 0) is 33.9 Å². The molecule has 0 aromatic heterocycles. The van der Waals surface area contributed by atoms with E-state index < -0.39 is 9.84 Å². The minimum atomic E-state index is -3.01. The maximum Gasteiger partial charge on any atom is 0.227 e. The smallest absolute Gasteiger partial charge is 0.227 e. The van der Waals surface area contributed by atoms with Crippen molar-refractivity contribution < 1.29 is 22.7 Å². The second-order valence-corrected chi connectivity index (χ2v) is 9.16. The molecule has 3 heterocycles. The van der Waals surface area contributed by atoms with Crippen LogP contribution in [0.15, 0.2) is 6.07 Å². The highest BCUT2D eigenvalue weighted by atomic mass is 32.2. The monoisotopic (exact) mass is 365 g/mol. The molecule has 0 spiro atoms. The molecule has 1 aromatic carbocycles. The molecule has 1 atom stereocenters. The molecule has 0 saturated carbocycles. The van der Waals surface area contributed by atoms with E-state index in [1.165, 1.54) is 0 Å². The van der Waals surface area contributed by atoms with Crippen LogP contribution in [0.1, 0.15) is 30.0 Å². The van der Waals surface area contributed by atoms with Gasteiger partial charge in [-0.3, -0.25) is 4.79 Å². The molecular formula is C18H23NO5S. The summed E-state index contributed by atoms with van der Waals surface area (Å²) in [6, 6.07) is 1.84. The van der Waals surface area contributed by atoms with Gasteiger partial charge in [-0.25, -0.2) is 8.42 Å². The quantitative estimate of drug-likeness (QED) is 0.800. The van der Waals surface area contributed by atoms with Crippen molar-refractivity contribution >= 4 is 15.7 Å². The van der Waals surface area contributed by atoms with Crippen molar-refractivity contribution in [2.75, 3.05) is 31.3 Å². The highest BCUT2D eigenvalue weighted by molar-refractivity contribution is 7.91. The van der Waals surface area contributed by atoms with Crippen LogP contribution in [0.5, 0.6) is 11.5 Å². The Balaban J connectivity index is 1.61. The van der Waals surface area contributed by atoms with Crippen LogP contribution in [-0.4, -0.2) is 56.5 Å². The van der Waals surface area contributed by atoms with Crippen LogP contribution in [0.3, 0.4) is 0 Å². The number of rotatable bonds is 4. The molecule has 1 aromatic rings. The SMILES string of the molecule is CCN(C(=O)Cc1c2c(cc3c1OCC3)OCC2)C1CCS(=O)(=O)C1. The summed E-state index contributed by atoms with van der Waals surface area (Å²) in [4.78, 5) is 14.7. The Labute approximate surface area is 148 Å². The third kappa shape index (κ3) is 2.99. The molecule has 0 radical (unpaired) electrons. The molecule has 0 bridgehead atoms. The van der Waals surface area contributed by atoms with Gasteiger partial charge in [0, 0.05) is 42.1 Å². The van der Waals surface area contributed by atoms with Crippen LogP contribution in [0.2, 0.25) is 0 Å². The Kier molecular flexibility index (Phi) is 4.14. The molecule has 0 aliphatic carbocycles. The lowest BCUT2D eigenvalue weighted by Crippen LogP contribution is -2.41. The summed E-state index contributed by atoms with van der Waals surface area (Å²) in [5, 5.41) is 0. The summed E-state index contributed by atoms with van der Waals surface area (Å²) in [6.07, 6.45) is 2.41. The van der Waals surface area contributed by atoms with Gasteiger partial charge >= 0.3 is 0 Å². The number of hydrogen-bond acceptors (Lipinski definition) is 5. The predicted molar refractivity (Wildman–Crippen MR) is 93.0 cm³/mol. The summed E-state index contributed by atoms with van der Waals surface area (Å²) in [7, 11) is -3.01. The fourth-order valence-electron chi connectivity index (χ4n) is 4.18. The number of carbonyl (C=O) groups is 1. The van der Waals surface area contributed by atoms with E-state index in [1.807, 2.05) is 13.0 Å². The van der Waals surface area contributed by atoms with Gasteiger partial charge in [-0.1, -0.05) is 0 Å². The van der Waals surface area contributed by atoms with E-state index in [4.69, 9.17) is 9.47 Å². The molecule has 1 unspecified atom stereocenters. The minimum Gasteiger partial charge on any atom is -0.493 e. The van der Waals surface area contributed by atoms with E-state index in [9.17, 15) is 13.2 Å². The minimum absolute atomic E-state index is 0.0254. The molecule has 6 nitrogen and oxygen atoms in total. The van der Waals surface area contributed by atoms with E-state index in [0.29, 0.717) is 26.2 Å². The fraction of sp³-hybridized carbons (Fsp3) is 0.611. The third-order valence-corrected chi connectivity index (χ3v) is 7.15. The zero-order valence-electron chi connectivity index (χ0n) is 14.4. The Morgan fingerprint density at radius 3 is 2.80 bits per heavy atom. The standard InChI is InChI=1S/C18H23NO5S/c1-2-19(13-5-8-25(21,22)11-13)17(20)10-15-14-4-7-23-16(14)9-12-3-6-24-18(12)15/h9,13H,2-8,10-11H2,1H3. The molecule has 1 amide bonds. The summed E-state index contributed by atoms with van der Waals surface area (Å²) in [5.74, 6) is 1.94. The molecule has 1 saturated heterocycles. The van der Waals surface area contributed by atoms with Crippen molar-refractivity contribution in [3.63, 3.8) is 0 Å². The fourth-order valence-corrected chi connectivity index (χ4v) is 5.91. The second-order valence-electron chi connectivity index (χ2n) is 6.93. The lowest BCUT2D eigenvalue weighted by Gasteiger charge is -2.27. The molecule has 3 aliphatic rings. The van der Waals surface area contributed by atoms with Crippen LogP contribution >= 0.6 is 0 Å². The number of sulfone groups is 1. The topological polar surface area (TPSA) is 72.9 Å². The van der Waals surface area contributed by atoms with Crippen molar-refractivity contribution in [2.45, 2.75) is 38.6 Å². The Morgan fingerprint density at radius 2 is 2.08 bits per heavy atom. The largest absolute Gasteiger partial charge is 0.493 e. The number of fused-ring (bicyclic) bond motifs is 2. The van der Waals surface area contributed by atoms with Crippen LogP contribution in [0.25, 0.3) is 0 Å². The Morgan fingerprint density at radius 1 is 1.28 bits per heavy atom. The first-order valence-electron chi connectivity index (χ1n) is 8.91. The Hall–Kier alpha value is -1.76. The molecule has 25 heavy (non-hydrogen) atoms. The molecule has 4 rings (SSSR count). The van der Waals surface area contributed by atoms with Gasteiger partial charge in [-0.15, -0.1) is 0 Å².